The first-order valence-corrected chi connectivity index (χ1v) is 7.17. The fraction of sp³-hybridized carbons (Fsp3) is 0.615. The number of nitriles is 1. The standard InChI is InChI=1S/C13H20N2OS/c1-4-13(5-2,17-3)10-15-9-12-7-6-11(8-14)16-12/h6-7,15H,4-5,9-10H2,1-3H3. The van der Waals surface area contributed by atoms with Crippen LogP contribution in [0.15, 0.2) is 16.5 Å². The van der Waals surface area contributed by atoms with Gasteiger partial charge in [0, 0.05) is 11.3 Å². The van der Waals surface area contributed by atoms with Gasteiger partial charge >= 0.3 is 0 Å². The third kappa shape index (κ3) is 3.79. The van der Waals surface area contributed by atoms with Gasteiger partial charge in [-0.2, -0.15) is 17.0 Å². The van der Waals surface area contributed by atoms with Crippen molar-refractivity contribution in [2.45, 2.75) is 38.0 Å². The lowest BCUT2D eigenvalue weighted by Crippen LogP contribution is -2.36. The predicted octanol–water partition coefficient (Wildman–Crippen LogP) is 3.16. The van der Waals surface area contributed by atoms with Gasteiger partial charge in [-0.05, 0) is 31.2 Å². The first-order valence-electron chi connectivity index (χ1n) is 5.94. The van der Waals surface area contributed by atoms with Crippen molar-refractivity contribution in [1.29, 1.82) is 5.26 Å². The molecule has 0 radical (unpaired) electrons. The van der Waals surface area contributed by atoms with Gasteiger partial charge in [0.2, 0.25) is 5.76 Å². The maximum atomic E-state index is 8.65. The van der Waals surface area contributed by atoms with Gasteiger partial charge in [-0.1, -0.05) is 13.8 Å². The van der Waals surface area contributed by atoms with Crippen LogP contribution in [0, 0.1) is 11.3 Å². The van der Waals surface area contributed by atoms with E-state index in [9.17, 15) is 0 Å². The van der Waals surface area contributed by atoms with Crippen LogP contribution in [0.4, 0.5) is 0 Å². The third-order valence-electron chi connectivity index (χ3n) is 3.24. The number of hydrogen-bond acceptors (Lipinski definition) is 4. The highest BCUT2D eigenvalue weighted by Crippen LogP contribution is 2.29. The molecular weight excluding hydrogens is 232 g/mol. The van der Waals surface area contributed by atoms with Gasteiger partial charge < -0.3 is 9.73 Å². The van der Waals surface area contributed by atoms with Crippen molar-refractivity contribution in [3.63, 3.8) is 0 Å². The summed E-state index contributed by atoms with van der Waals surface area (Å²) >= 11 is 1.92. The lowest BCUT2D eigenvalue weighted by Gasteiger charge is -2.29. The Morgan fingerprint density at radius 3 is 2.59 bits per heavy atom. The third-order valence-corrected chi connectivity index (χ3v) is 4.83. The second-order valence-electron chi connectivity index (χ2n) is 4.08. The maximum Gasteiger partial charge on any atom is 0.203 e. The summed E-state index contributed by atoms with van der Waals surface area (Å²) in [7, 11) is 0. The molecule has 0 saturated heterocycles. The van der Waals surface area contributed by atoms with E-state index >= 15 is 0 Å². The SMILES string of the molecule is CCC(CC)(CNCc1ccc(C#N)o1)SC. The number of hydrogen-bond donors (Lipinski definition) is 1. The first-order chi connectivity index (χ1) is 8.19. The summed E-state index contributed by atoms with van der Waals surface area (Å²) in [5.74, 6) is 1.20. The highest BCUT2D eigenvalue weighted by Gasteiger charge is 2.24. The van der Waals surface area contributed by atoms with E-state index in [1.807, 2.05) is 23.9 Å². The van der Waals surface area contributed by atoms with Crippen molar-refractivity contribution in [1.82, 2.24) is 5.32 Å². The van der Waals surface area contributed by atoms with E-state index in [1.165, 1.54) is 0 Å². The fourth-order valence-electron chi connectivity index (χ4n) is 1.81. The van der Waals surface area contributed by atoms with E-state index in [2.05, 4.69) is 25.4 Å². The molecule has 94 valence electrons. The number of furan rings is 1. The van der Waals surface area contributed by atoms with Crippen LogP contribution in [-0.4, -0.2) is 17.5 Å². The summed E-state index contributed by atoms with van der Waals surface area (Å²) in [6.07, 6.45) is 4.47. The van der Waals surface area contributed by atoms with Crippen molar-refractivity contribution in [3.05, 3.63) is 23.7 Å². The zero-order valence-electron chi connectivity index (χ0n) is 10.7. The molecule has 17 heavy (non-hydrogen) atoms. The molecule has 0 unspecified atom stereocenters. The molecule has 0 aromatic carbocycles. The van der Waals surface area contributed by atoms with Gasteiger partial charge in [0.1, 0.15) is 11.8 Å². The topological polar surface area (TPSA) is 49.0 Å². The Morgan fingerprint density at radius 1 is 1.41 bits per heavy atom. The molecule has 0 aliphatic rings. The van der Waals surface area contributed by atoms with Crippen LogP contribution in [0.3, 0.4) is 0 Å². The lowest BCUT2D eigenvalue weighted by molar-refractivity contribution is 0.444. The van der Waals surface area contributed by atoms with Gasteiger partial charge in [-0.25, -0.2) is 0 Å². The Hall–Kier alpha value is -0.920. The normalized spacial score (nSPS) is 11.4. The number of nitrogens with one attached hydrogen (secondary N) is 1. The van der Waals surface area contributed by atoms with E-state index < -0.39 is 0 Å². The average molecular weight is 252 g/mol. The summed E-state index contributed by atoms with van der Waals surface area (Å²) < 4.78 is 5.63. The summed E-state index contributed by atoms with van der Waals surface area (Å²) in [5.41, 5.74) is 0. The molecule has 0 fully saturated rings. The minimum Gasteiger partial charge on any atom is -0.449 e. The van der Waals surface area contributed by atoms with E-state index in [0.717, 1.165) is 25.1 Å². The Morgan fingerprint density at radius 2 is 2.12 bits per heavy atom. The predicted molar refractivity (Wildman–Crippen MR) is 72.0 cm³/mol. The van der Waals surface area contributed by atoms with Gasteiger partial charge in [-0.3, -0.25) is 0 Å². The monoisotopic (exact) mass is 252 g/mol. The second-order valence-corrected chi connectivity index (χ2v) is 5.35. The zero-order chi connectivity index (χ0) is 12.7. The van der Waals surface area contributed by atoms with Crippen LogP contribution in [0.2, 0.25) is 0 Å². The molecule has 1 rings (SSSR count). The minimum absolute atomic E-state index is 0.310. The van der Waals surface area contributed by atoms with Gasteiger partial charge in [-0.15, -0.1) is 0 Å². The fourth-order valence-corrected chi connectivity index (χ4v) is 2.63. The van der Waals surface area contributed by atoms with Crippen molar-refractivity contribution in [2.75, 3.05) is 12.8 Å². The van der Waals surface area contributed by atoms with E-state index in [1.54, 1.807) is 6.07 Å². The van der Waals surface area contributed by atoms with Crippen molar-refractivity contribution in [3.8, 4) is 6.07 Å². The Labute approximate surface area is 108 Å². The minimum atomic E-state index is 0.310. The molecule has 0 aliphatic carbocycles. The summed E-state index contributed by atoms with van der Waals surface area (Å²) in [6, 6.07) is 5.55. The molecule has 1 aromatic heterocycles. The average Bonchev–Trinajstić information content (AvgIpc) is 2.83. The summed E-state index contributed by atoms with van der Waals surface area (Å²) in [4.78, 5) is 0. The van der Waals surface area contributed by atoms with Crippen LogP contribution >= 0.6 is 11.8 Å². The molecule has 0 spiro atoms. The Bertz CT molecular complexity index is 369. The van der Waals surface area contributed by atoms with Crippen molar-refractivity contribution < 1.29 is 4.42 Å². The number of nitrogens with zero attached hydrogens (tertiary/aromatic N) is 1. The molecule has 3 nitrogen and oxygen atoms in total. The van der Waals surface area contributed by atoms with Crippen LogP contribution in [0.1, 0.15) is 38.2 Å². The molecule has 0 amide bonds. The molecule has 1 aromatic rings. The van der Waals surface area contributed by atoms with Crippen molar-refractivity contribution >= 4 is 11.8 Å². The van der Waals surface area contributed by atoms with Crippen LogP contribution in [0.25, 0.3) is 0 Å². The molecule has 0 aliphatic heterocycles. The maximum absolute atomic E-state index is 8.65. The lowest BCUT2D eigenvalue weighted by atomic mass is 10.0. The van der Waals surface area contributed by atoms with Crippen LogP contribution in [-0.2, 0) is 6.54 Å². The zero-order valence-corrected chi connectivity index (χ0v) is 11.6. The number of rotatable bonds is 7. The van der Waals surface area contributed by atoms with Crippen LogP contribution < -0.4 is 5.32 Å². The van der Waals surface area contributed by atoms with E-state index in [-0.39, 0.29) is 0 Å². The summed E-state index contributed by atoms with van der Waals surface area (Å²) in [6.45, 7) is 6.10. The molecule has 1 N–H and O–H groups in total. The van der Waals surface area contributed by atoms with Crippen molar-refractivity contribution in [2.24, 2.45) is 0 Å². The molecule has 4 heteroatoms. The summed E-state index contributed by atoms with van der Waals surface area (Å²) in [5, 5.41) is 12.1. The highest BCUT2D eigenvalue weighted by atomic mass is 32.2. The second kappa shape index (κ2) is 6.73. The molecular formula is C13H20N2OS. The van der Waals surface area contributed by atoms with Gasteiger partial charge in [0.25, 0.3) is 0 Å². The Kier molecular flexibility index (Phi) is 5.60. The van der Waals surface area contributed by atoms with E-state index in [4.69, 9.17) is 9.68 Å². The molecule has 0 saturated carbocycles. The molecule has 0 atom stereocenters. The van der Waals surface area contributed by atoms with Gasteiger partial charge in [0.15, 0.2) is 0 Å². The van der Waals surface area contributed by atoms with E-state index in [0.29, 0.717) is 17.1 Å². The quantitative estimate of drug-likeness (QED) is 0.809. The molecule has 1 heterocycles. The molecule has 0 bridgehead atoms. The van der Waals surface area contributed by atoms with Crippen LogP contribution in [0.5, 0.6) is 0 Å². The first kappa shape index (κ1) is 14.1. The largest absolute Gasteiger partial charge is 0.449 e. The smallest absolute Gasteiger partial charge is 0.203 e. The highest BCUT2D eigenvalue weighted by molar-refractivity contribution is 8.00. The number of thioether (sulfide) groups is 1. The Balaban J connectivity index is 2.44. The van der Waals surface area contributed by atoms with Gasteiger partial charge in [0.05, 0.1) is 6.54 Å².